The second-order valence-corrected chi connectivity index (χ2v) is 5.92. The Balaban J connectivity index is 1.73. The standard InChI is InChI=1S/C14H21BrN2/c1-17(11-13-5-7-16-10-13)8-6-12-3-2-4-14(15)9-12/h2-4,9,13,16H,5-8,10-11H2,1H3. The van der Waals surface area contributed by atoms with Crippen molar-refractivity contribution in [2.45, 2.75) is 12.8 Å². The summed E-state index contributed by atoms with van der Waals surface area (Å²) in [6.45, 7) is 4.76. The number of likely N-dealkylation sites (N-methyl/N-ethyl adjacent to an activating group) is 1. The second-order valence-electron chi connectivity index (χ2n) is 5.00. The van der Waals surface area contributed by atoms with Crippen molar-refractivity contribution in [1.82, 2.24) is 10.2 Å². The van der Waals surface area contributed by atoms with Gasteiger partial charge in [0.15, 0.2) is 0 Å². The number of rotatable bonds is 5. The molecule has 3 heteroatoms. The van der Waals surface area contributed by atoms with E-state index in [0.717, 1.165) is 18.9 Å². The lowest BCUT2D eigenvalue weighted by Crippen LogP contribution is -2.28. The summed E-state index contributed by atoms with van der Waals surface area (Å²) in [5.41, 5.74) is 1.41. The van der Waals surface area contributed by atoms with Crippen LogP contribution in [0.2, 0.25) is 0 Å². The molecule has 1 aromatic rings. The molecular formula is C14H21BrN2. The monoisotopic (exact) mass is 296 g/mol. The fraction of sp³-hybridized carbons (Fsp3) is 0.571. The fourth-order valence-electron chi connectivity index (χ4n) is 2.41. The summed E-state index contributed by atoms with van der Waals surface area (Å²) in [6.07, 6.45) is 2.47. The van der Waals surface area contributed by atoms with E-state index in [1.807, 2.05) is 0 Å². The lowest BCUT2D eigenvalue weighted by molar-refractivity contribution is 0.288. The summed E-state index contributed by atoms with van der Waals surface area (Å²) >= 11 is 3.52. The molecule has 17 heavy (non-hydrogen) atoms. The summed E-state index contributed by atoms with van der Waals surface area (Å²) < 4.78 is 1.18. The molecular weight excluding hydrogens is 276 g/mol. The van der Waals surface area contributed by atoms with E-state index in [2.05, 4.69) is 57.5 Å². The normalized spacial score (nSPS) is 20.1. The molecule has 2 rings (SSSR count). The van der Waals surface area contributed by atoms with Crippen LogP contribution in [0, 0.1) is 5.92 Å². The van der Waals surface area contributed by atoms with Gasteiger partial charge in [-0.15, -0.1) is 0 Å². The van der Waals surface area contributed by atoms with Crippen LogP contribution in [0.5, 0.6) is 0 Å². The van der Waals surface area contributed by atoms with Crippen LogP contribution in [0.1, 0.15) is 12.0 Å². The summed E-state index contributed by atoms with van der Waals surface area (Å²) in [5, 5.41) is 3.43. The van der Waals surface area contributed by atoms with E-state index >= 15 is 0 Å². The average molecular weight is 297 g/mol. The molecule has 1 aromatic carbocycles. The van der Waals surface area contributed by atoms with E-state index in [1.54, 1.807) is 0 Å². The Kier molecular flexibility index (Phi) is 5.01. The summed E-state index contributed by atoms with van der Waals surface area (Å²) in [6, 6.07) is 8.61. The van der Waals surface area contributed by atoms with Crippen molar-refractivity contribution in [3.63, 3.8) is 0 Å². The Morgan fingerprint density at radius 1 is 1.47 bits per heavy atom. The zero-order valence-corrected chi connectivity index (χ0v) is 12.0. The molecule has 1 aliphatic heterocycles. The Labute approximate surface area is 113 Å². The third-order valence-electron chi connectivity index (χ3n) is 3.40. The van der Waals surface area contributed by atoms with Gasteiger partial charge in [-0.2, -0.15) is 0 Å². The van der Waals surface area contributed by atoms with E-state index in [-0.39, 0.29) is 0 Å². The molecule has 1 saturated heterocycles. The van der Waals surface area contributed by atoms with E-state index in [1.165, 1.54) is 36.1 Å². The quantitative estimate of drug-likeness (QED) is 0.898. The van der Waals surface area contributed by atoms with Crippen molar-refractivity contribution < 1.29 is 0 Å². The molecule has 94 valence electrons. The molecule has 1 aliphatic rings. The molecule has 2 nitrogen and oxygen atoms in total. The lowest BCUT2D eigenvalue weighted by Gasteiger charge is -2.20. The van der Waals surface area contributed by atoms with Gasteiger partial charge in [0.25, 0.3) is 0 Å². The smallest absolute Gasteiger partial charge is 0.0178 e. The van der Waals surface area contributed by atoms with Crippen LogP contribution >= 0.6 is 15.9 Å². The van der Waals surface area contributed by atoms with Gasteiger partial charge in [0, 0.05) is 17.6 Å². The van der Waals surface area contributed by atoms with Crippen LogP contribution in [-0.2, 0) is 6.42 Å². The van der Waals surface area contributed by atoms with E-state index in [4.69, 9.17) is 0 Å². The number of nitrogens with zero attached hydrogens (tertiary/aromatic N) is 1. The average Bonchev–Trinajstić information content (AvgIpc) is 2.79. The molecule has 0 radical (unpaired) electrons. The maximum atomic E-state index is 3.52. The maximum Gasteiger partial charge on any atom is 0.0178 e. The van der Waals surface area contributed by atoms with Gasteiger partial charge in [0.2, 0.25) is 0 Å². The fourth-order valence-corrected chi connectivity index (χ4v) is 2.86. The summed E-state index contributed by atoms with van der Waals surface area (Å²) in [4.78, 5) is 2.46. The van der Waals surface area contributed by atoms with Crippen molar-refractivity contribution in [1.29, 1.82) is 0 Å². The van der Waals surface area contributed by atoms with E-state index in [9.17, 15) is 0 Å². The molecule has 0 spiro atoms. The minimum absolute atomic E-state index is 0.850. The van der Waals surface area contributed by atoms with Gasteiger partial charge in [-0.1, -0.05) is 28.1 Å². The molecule has 1 unspecified atom stereocenters. The topological polar surface area (TPSA) is 15.3 Å². The number of hydrogen-bond acceptors (Lipinski definition) is 2. The SMILES string of the molecule is CN(CCc1cccc(Br)c1)CC1CCNC1. The highest BCUT2D eigenvalue weighted by Crippen LogP contribution is 2.13. The molecule has 0 aliphatic carbocycles. The van der Waals surface area contributed by atoms with Gasteiger partial charge >= 0.3 is 0 Å². The number of benzene rings is 1. The first kappa shape index (κ1) is 13.1. The molecule has 1 atom stereocenters. The molecule has 0 saturated carbocycles. The van der Waals surface area contributed by atoms with Crippen LogP contribution in [-0.4, -0.2) is 38.1 Å². The van der Waals surface area contributed by atoms with Gasteiger partial charge in [-0.25, -0.2) is 0 Å². The molecule has 0 amide bonds. The Morgan fingerprint density at radius 2 is 2.35 bits per heavy atom. The van der Waals surface area contributed by atoms with E-state index < -0.39 is 0 Å². The first-order valence-electron chi connectivity index (χ1n) is 6.38. The molecule has 1 fully saturated rings. The zero-order valence-electron chi connectivity index (χ0n) is 10.5. The maximum absolute atomic E-state index is 3.52. The van der Waals surface area contributed by atoms with Gasteiger partial charge in [0.05, 0.1) is 0 Å². The molecule has 0 bridgehead atoms. The highest BCUT2D eigenvalue weighted by atomic mass is 79.9. The van der Waals surface area contributed by atoms with Gasteiger partial charge in [-0.05, 0) is 56.6 Å². The third-order valence-corrected chi connectivity index (χ3v) is 3.90. The number of hydrogen-bond donors (Lipinski definition) is 1. The summed E-state index contributed by atoms with van der Waals surface area (Å²) in [5.74, 6) is 0.850. The van der Waals surface area contributed by atoms with Crippen molar-refractivity contribution in [2.24, 2.45) is 5.92 Å². The minimum Gasteiger partial charge on any atom is -0.316 e. The molecule has 1 heterocycles. The van der Waals surface area contributed by atoms with Crippen LogP contribution in [0.25, 0.3) is 0 Å². The highest BCUT2D eigenvalue weighted by Gasteiger charge is 2.15. The van der Waals surface area contributed by atoms with Gasteiger partial charge in [-0.3, -0.25) is 0 Å². The zero-order chi connectivity index (χ0) is 12.1. The Morgan fingerprint density at radius 3 is 3.06 bits per heavy atom. The predicted octanol–water partition coefficient (Wildman–Crippen LogP) is 2.53. The van der Waals surface area contributed by atoms with Crippen molar-refractivity contribution in [3.8, 4) is 0 Å². The van der Waals surface area contributed by atoms with Crippen LogP contribution in [0.15, 0.2) is 28.7 Å². The Bertz CT molecular complexity index is 348. The number of nitrogens with one attached hydrogen (secondary N) is 1. The molecule has 1 N–H and O–H groups in total. The first-order valence-corrected chi connectivity index (χ1v) is 7.17. The second kappa shape index (κ2) is 6.53. The highest BCUT2D eigenvalue weighted by molar-refractivity contribution is 9.10. The van der Waals surface area contributed by atoms with Crippen molar-refractivity contribution >= 4 is 15.9 Å². The Hall–Kier alpha value is -0.380. The lowest BCUT2D eigenvalue weighted by atomic mass is 10.1. The van der Waals surface area contributed by atoms with Crippen LogP contribution in [0.4, 0.5) is 0 Å². The summed E-state index contributed by atoms with van der Waals surface area (Å²) in [7, 11) is 2.23. The first-order chi connectivity index (χ1) is 8.24. The largest absolute Gasteiger partial charge is 0.316 e. The van der Waals surface area contributed by atoms with Gasteiger partial charge in [0.1, 0.15) is 0 Å². The number of halogens is 1. The third kappa shape index (κ3) is 4.41. The minimum atomic E-state index is 0.850. The van der Waals surface area contributed by atoms with Gasteiger partial charge < -0.3 is 10.2 Å². The van der Waals surface area contributed by atoms with Crippen molar-refractivity contribution in [3.05, 3.63) is 34.3 Å². The van der Waals surface area contributed by atoms with Crippen molar-refractivity contribution in [2.75, 3.05) is 33.2 Å². The molecule has 0 aromatic heterocycles. The predicted molar refractivity (Wildman–Crippen MR) is 76.3 cm³/mol. The van der Waals surface area contributed by atoms with Crippen LogP contribution < -0.4 is 5.32 Å². The van der Waals surface area contributed by atoms with E-state index in [0.29, 0.717) is 0 Å². The van der Waals surface area contributed by atoms with Crippen LogP contribution in [0.3, 0.4) is 0 Å².